The van der Waals surface area contributed by atoms with Crippen molar-refractivity contribution in [2.75, 3.05) is 6.54 Å². The Bertz CT molecular complexity index is 607. The fourth-order valence-electron chi connectivity index (χ4n) is 2.59. The van der Waals surface area contributed by atoms with Gasteiger partial charge in [-0.1, -0.05) is 15.9 Å². The third-order valence-corrected chi connectivity index (χ3v) is 3.93. The van der Waals surface area contributed by atoms with Crippen LogP contribution in [0.5, 0.6) is 0 Å². The van der Waals surface area contributed by atoms with E-state index in [1.807, 2.05) is 23.1 Å². The molecule has 0 bridgehead atoms. The average Bonchev–Trinajstić information content (AvgIpc) is 2.93. The lowest BCUT2D eigenvalue weighted by molar-refractivity contribution is -0.129. The number of aromatic amines is 1. The number of nitrogens with one attached hydrogen (secondary N) is 1. The summed E-state index contributed by atoms with van der Waals surface area (Å²) >= 11 is 3.45. The summed E-state index contributed by atoms with van der Waals surface area (Å²) in [7, 11) is 0. The normalized spacial score (nSPS) is 19.7. The van der Waals surface area contributed by atoms with Gasteiger partial charge in [0.1, 0.15) is 5.82 Å². The Labute approximate surface area is 114 Å². The van der Waals surface area contributed by atoms with Crippen LogP contribution in [0, 0.1) is 0 Å². The molecule has 2 aromatic rings. The quantitative estimate of drug-likeness (QED) is 0.880. The SMILES string of the molecule is CC(=O)N1CCC[C@H]1c1nc2ccc(Br)cc2[nH]1. The van der Waals surface area contributed by atoms with Gasteiger partial charge in [-0.2, -0.15) is 0 Å². The predicted molar refractivity (Wildman–Crippen MR) is 73.2 cm³/mol. The fourth-order valence-corrected chi connectivity index (χ4v) is 2.95. The number of halogens is 1. The van der Waals surface area contributed by atoms with Gasteiger partial charge in [0.05, 0.1) is 17.1 Å². The molecule has 1 atom stereocenters. The van der Waals surface area contributed by atoms with E-state index in [1.54, 1.807) is 6.92 Å². The largest absolute Gasteiger partial charge is 0.340 e. The second-order valence-corrected chi connectivity index (χ2v) is 5.57. The van der Waals surface area contributed by atoms with Crippen LogP contribution in [0.3, 0.4) is 0 Å². The van der Waals surface area contributed by atoms with Crippen molar-refractivity contribution in [3.63, 3.8) is 0 Å². The van der Waals surface area contributed by atoms with E-state index in [1.165, 1.54) is 0 Å². The molecule has 1 amide bonds. The predicted octanol–water partition coefficient (Wildman–Crippen LogP) is 3.01. The molecule has 1 aromatic carbocycles. The molecule has 1 aromatic heterocycles. The zero-order valence-corrected chi connectivity index (χ0v) is 11.7. The van der Waals surface area contributed by atoms with E-state index in [2.05, 4.69) is 25.9 Å². The van der Waals surface area contributed by atoms with Gasteiger partial charge < -0.3 is 9.88 Å². The van der Waals surface area contributed by atoms with Crippen molar-refractivity contribution < 1.29 is 4.79 Å². The second kappa shape index (κ2) is 4.39. The summed E-state index contributed by atoms with van der Waals surface area (Å²) in [5.74, 6) is 1.02. The Kier molecular flexibility index (Phi) is 2.86. The third kappa shape index (κ3) is 1.92. The summed E-state index contributed by atoms with van der Waals surface area (Å²) in [4.78, 5) is 21.4. The number of likely N-dealkylation sites (tertiary alicyclic amines) is 1. The topological polar surface area (TPSA) is 49.0 Å². The van der Waals surface area contributed by atoms with E-state index in [4.69, 9.17) is 0 Å². The Morgan fingerprint density at radius 2 is 2.39 bits per heavy atom. The highest BCUT2D eigenvalue weighted by molar-refractivity contribution is 9.10. The second-order valence-electron chi connectivity index (χ2n) is 4.65. The highest BCUT2D eigenvalue weighted by atomic mass is 79.9. The molecule has 1 fully saturated rings. The Hall–Kier alpha value is -1.36. The molecule has 2 heterocycles. The van der Waals surface area contributed by atoms with Gasteiger partial charge in [-0.3, -0.25) is 4.79 Å². The summed E-state index contributed by atoms with van der Waals surface area (Å²) in [5.41, 5.74) is 1.96. The van der Waals surface area contributed by atoms with E-state index in [0.29, 0.717) is 0 Å². The number of fused-ring (bicyclic) bond motifs is 1. The molecule has 3 rings (SSSR count). The summed E-state index contributed by atoms with van der Waals surface area (Å²) < 4.78 is 1.03. The molecule has 94 valence electrons. The Morgan fingerprint density at radius 1 is 1.56 bits per heavy atom. The van der Waals surface area contributed by atoms with Gasteiger partial charge in [0, 0.05) is 17.9 Å². The number of aromatic nitrogens is 2. The summed E-state index contributed by atoms with van der Waals surface area (Å²) in [6.45, 7) is 2.46. The van der Waals surface area contributed by atoms with Crippen LogP contribution in [0.4, 0.5) is 0 Å². The standard InChI is InChI=1S/C13H14BrN3O/c1-8(18)17-6-2-3-12(17)13-15-10-5-4-9(14)7-11(10)16-13/h4-5,7,12H,2-3,6H2,1H3,(H,15,16)/t12-/m0/s1. The molecule has 1 N–H and O–H groups in total. The molecule has 1 aliphatic heterocycles. The number of hydrogen-bond donors (Lipinski definition) is 1. The molecule has 0 radical (unpaired) electrons. The summed E-state index contributed by atoms with van der Waals surface area (Å²) in [6.07, 6.45) is 2.03. The van der Waals surface area contributed by atoms with Gasteiger partial charge in [0.15, 0.2) is 0 Å². The molecule has 0 saturated carbocycles. The molecule has 0 unspecified atom stereocenters. The highest BCUT2D eigenvalue weighted by Crippen LogP contribution is 2.31. The number of nitrogens with zero attached hydrogens (tertiary/aromatic N) is 2. The molecular weight excluding hydrogens is 294 g/mol. The highest BCUT2D eigenvalue weighted by Gasteiger charge is 2.30. The van der Waals surface area contributed by atoms with E-state index in [9.17, 15) is 4.79 Å². The number of amides is 1. The van der Waals surface area contributed by atoms with Crippen molar-refractivity contribution in [3.05, 3.63) is 28.5 Å². The van der Waals surface area contributed by atoms with Crippen molar-refractivity contribution in [3.8, 4) is 0 Å². The number of benzene rings is 1. The van der Waals surface area contributed by atoms with Crippen LogP contribution in [-0.4, -0.2) is 27.3 Å². The van der Waals surface area contributed by atoms with E-state index < -0.39 is 0 Å². The van der Waals surface area contributed by atoms with Gasteiger partial charge in [0.2, 0.25) is 5.91 Å². The molecular formula is C13H14BrN3O. The van der Waals surface area contributed by atoms with Crippen LogP contribution in [-0.2, 0) is 4.79 Å². The molecule has 0 spiro atoms. The number of carbonyl (C=O) groups excluding carboxylic acids is 1. The minimum atomic E-state index is 0.105. The van der Waals surface area contributed by atoms with Crippen molar-refractivity contribution >= 4 is 32.9 Å². The smallest absolute Gasteiger partial charge is 0.220 e. The van der Waals surface area contributed by atoms with Gasteiger partial charge in [-0.15, -0.1) is 0 Å². The van der Waals surface area contributed by atoms with Gasteiger partial charge >= 0.3 is 0 Å². The summed E-state index contributed by atoms with van der Waals surface area (Å²) in [6, 6.07) is 6.07. The molecule has 1 aliphatic rings. The fraction of sp³-hybridized carbons (Fsp3) is 0.385. The summed E-state index contributed by atoms with van der Waals surface area (Å²) in [5, 5.41) is 0. The van der Waals surface area contributed by atoms with Crippen molar-refractivity contribution in [1.82, 2.24) is 14.9 Å². The van der Waals surface area contributed by atoms with E-state index in [-0.39, 0.29) is 11.9 Å². The maximum Gasteiger partial charge on any atom is 0.220 e. The number of carbonyl (C=O) groups is 1. The van der Waals surface area contributed by atoms with Gasteiger partial charge in [-0.25, -0.2) is 4.98 Å². The molecule has 0 aliphatic carbocycles. The van der Waals surface area contributed by atoms with Crippen LogP contribution in [0.25, 0.3) is 11.0 Å². The lowest BCUT2D eigenvalue weighted by Gasteiger charge is -2.21. The van der Waals surface area contributed by atoms with E-state index >= 15 is 0 Å². The Morgan fingerprint density at radius 3 is 3.17 bits per heavy atom. The van der Waals surface area contributed by atoms with E-state index in [0.717, 1.165) is 40.7 Å². The minimum absolute atomic E-state index is 0.105. The zero-order chi connectivity index (χ0) is 12.7. The number of imidazole rings is 1. The molecule has 5 heteroatoms. The van der Waals surface area contributed by atoms with Gasteiger partial charge in [0.25, 0.3) is 0 Å². The first-order valence-corrected chi connectivity index (χ1v) is 6.87. The van der Waals surface area contributed by atoms with Crippen LogP contribution in [0.1, 0.15) is 31.6 Å². The van der Waals surface area contributed by atoms with Crippen LogP contribution in [0.15, 0.2) is 22.7 Å². The first kappa shape index (κ1) is 11.7. The zero-order valence-electron chi connectivity index (χ0n) is 10.1. The monoisotopic (exact) mass is 307 g/mol. The van der Waals surface area contributed by atoms with Crippen molar-refractivity contribution in [2.24, 2.45) is 0 Å². The number of rotatable bonds is 1. The van der Waals surface area contributed by atoms with Crippen LogP contribution >= 0.6 is 15.9 Å². The first-order valence-electron chi connectivity index (χ1n) is 6.07. The van der Waals surface area contributed by atoms with Crippen molar-refractivity contribution in [1.29, 1.82) is 0 Å². The minimum Gasteiger partial charge on any atom is -0.340 e. The molecule has 18 heavy (non-hydrogen) atoms. The Balaban J connectivity index is 2.01. The molecule has 4 nitrogen and oxygen atoms in total. The molecule has 1 saturated heterocycles. The third-order valence-electron chi connectivity index (χ3n) is 3.44. The number of H-pyrrole nitrogens is 1. The maximum atomic E-state index is 11.6. The van der Waals surface area contributed by atoms with Crippen molar-refractivity contribution in [2.45, 2.75) is 25.8 Å². The lowest BCUT2D eigenvalue weighted by Crippen LogP contribution is -2.28. The average molecular weight is 308 g/mol. The lowest BCUT2D eigenvalue weighted by atomic mass is 10.2. The number of hydrogen-bond acceptors (Lipinski definition) is 2. The van der Waals surface area contributed by atoms with Crippen LogP contribution < -0.4 is 0 Å². The first-order chi connectivity index (χ1) is 8.65. The van der Waals surface area contributed by atoms with Crippen LogP contribution in [0.2, 0.25) is 0 Å². The maximum absolute atomic E-state index is 11.6. The van der Waals surface area contributed by atoms with Gasteiger partial charge in [-0.05, 0) is 31.0 Å².